The summed E-state index contributed by atoms with van der Waals surface area (Å²) in [5, 5.41) is 0. The molecule has 0 bridgehead atoms. The monoisotopic (exact) mass is 338 g/mol. The predicted octanol–water partition coefficient (Wildman–Crippen LogP) is 5.56. The zero-order chi connectivity index (χ0) is 15.2. The molecule has 0 amide bonds. The van der Waals surface area contributed by atoms with Gasteiger partial charge in [0, 0.05) is 18.3 Å². The average Bonchev–Trinajstić information content (AvgIpc) is 2.90. The van der Waals surface area contributed by atoms with Crippen LogP contribution in [0.5, 0.6) is 5.75 Å². The summed E-state index contributed by atoms with van der Waals surface area (Å²) in [7, 11) is 5.98. The van der Waals surface area contributed by atoms with Crippen molar-refractivity contribution in [3.05, 3.63) is 23.1 Å². The highest BCUT2D eigenvalue weighted by Crippen LogP contribution is 2.55. The Hall–Kier alpha value is -0.780. The molecular weight excluding hydrogens is 318 g/mol. The first-order chi connectivity index (χ1) is 10.0. The van der Waals surface area contributed by atoms with Crippen molar-refractivity contribution in [2.24, 2.45) is 0 Å². The van der Waals surface area contributed by atoms with Gasteiger partial charge in [0.05, 0.1) is 17.7 Å². The van der Waals surface area contributed by atoms with Crippen LogP contribution < -0.4 is 9.64 Å². The molecule has 21 heavy (non-hydrogen) atoms. The van der Waals surface area contributed by atoms with Crippen molar-refractivity contribution < 1.29 is 4.74 Å². The second-order valence-corrected chi connectivity index (χ2v) is 8.82. The maximum absolute atomic E-state index is 5.71. The van der Waals surface area contributed by atoms with Gasteiger partial charge >= 0.3 is 10.3 Å². The van der Waals surface area contributed by atoms with Crippen LogP contribution in [0.4, 0.5) is 5.69 Å². The highest BCUT2D eigenvalue weighted by atomic mass is 32.9. The highest BCUT2D eigenvalue weighted by Gasteiger charge is 2.43. The standard InChI is InChI=1S/C16H20NOS3/c1-6-18-10-7-8-12-11(9-10)13-14(16(2,3)17(12)4)20-21-15(13)19-5/h7-9H,6H2,1-5H3/q+1. The summed E-state index contributed by atoms with van der Waals surface area (Å²) in [6.45, 7) is 7.34. The minimum absolute atomic E-state index is 0.0324. The molecule has 2 aromatic rings. The molecule has 0 aliphatic carbocycles. The maximum atomic E-state index is 5.71. The van der Waals surface area contributed by atoms with Crippen LogP contribution in [0.15, 0.2) is 22.4 Å². The Morgan fingerprint density at radius 1 is 1.38 bits per heavy atom. The van der Waals surface area contributed by atoms with E-state index in [1.54, 1.807) is 0 Å². The van der Waals surface area contributed by atoms with E-state index in [1.807, 2.05) is 39.4 Å². The largest absolute Gasteiger partial charge is 0.494 e. The summed E-state index contributed by atoms with van der Waals surface area (Å²) in [5.74, 6) is 0.957. The Kier molecular flexibility index (Phi) is 3.93. The van der Waals surface area contributed by atoms with Crippen LogP contribution >= 0.6 is 32.4 Å². The fourth-order valence-corrected chi connectivity index (χ4v) is 7.17. The third-order valence-corrected chi connectivity index (χ3v) is 8.32. The Labute approximate surface area is 138 Å². The molecule has 5 heteroatoms. The number of anilines is 1. The summed E-state index contributed by atoms with van der Waals surface area (Å²) in [6.07, 6.45) is 2.16. The van der Waals surface area contributed by atoms with Crippen molar-refractivity contribution in [2.75, 3.05) is 24.8 Å². The van der Waals surface area contributed by atoms with Crippen molar-refractivity contribution in [1.82, 2.24) is 0 Å². The second-order valence-electron chi connectivity index (χ2n) is 5.59. The van der Waals surface area contributed by atoms with Crippen LogP contribution in [0.2, 0.25) is 0 Å². The van der Waals surface area contributed by atoms with E-state index in [0.29, 0.717) is 6.61 Å². The van der Waals surface area contributed by atoms with E-state index < -0.39 is 0 Å². The number of nitrogens with zero attached hydrogens (tertiary/aromatic N) is 1. The van der Waals surface area contributed by atoms with Crippen LogP contribution in [0.25, 0.3) is 11.1 Å². The SMILES string of the molecule is CCOc1ccc2c(c1)-c1c(s[s+]c1SC)C(C)(C)N2C. The number of ether oxygens (including phenoxy) is 1. The van der Waals surface area contributed by atoms with Crippen LogP contribution in [0.1, 0.15) is 25.6 Å². The lowest BCUT2D eigenvalue weighted by Crippen LogP contribution is -2.40. The minimum Gasteiger partial charge on any atom is -0.494 e. The van der Waals surface area contributed by atoms with Gasteiger partial charge in [-0.2, -0.15) is 0 Å². The number of hydrogen-bond acceptors (Lipinski definition) is 4. The van der Waals surface area contributed by atoms with Gasteiger partial charge in [-0.05, 0) is 45.2 Å². The van der Waals surface area contributed by atoms with E-state index in [1.165, 1.54) is 25.9 Å². The normalized spacial score (nSPS) is 15.6. The molecule has 0 unspecified atom stereocenters. The van der Waals surface area contributed by atoms with Gasteiger partial charge in [-0.15, -0.1) is 0 Å². The Morgan fingerprint density at radius 3 is 2.81 bits per heavy atom. The van der Waals surface area contributed by atoms with Gasteiger partial charge in [0.2, 0.25) is 0 Å². The molecule has 1 aliphatic heterocycles. The molecule has 0 radical (unpaired) electrons. The fraction of sp³-hybridized carbons (Fsp3) is 0.438. The van der Waals surface area contributed by atoms with E-state index >= 15 is 0 Å². The van der Waals surface area contributed by atoms with Gasteiger partial charge < -0.3 is 9.64 Å². The smallest absolute Gasteiger partial charge is 0.308 e. The summed E-state index contributed by atoms with van der Waals surface area (Å²) in [4.78, 5) is 3.84. The molecule has 3 rings (SSSR count). The van der Waals surface area contributed by atoms with Crippen molar-refractivity contribution in [3.63, 3.8) is 0 Å². The molecule has 1 aliphatic rings. The van der Waals surface area contributed by atoms with E-state index in [9.17, 15) is 0 Å². The first-order valence-electron chi connectivity index (χ1n) is 7.02. The molecule has 0 atom stereocenters. The summed E-state index contributed by atoms with van der Waals surface area (Å²) >= 11 is 1.84. The van der Waals surface area contributed by atoms with Gasteiger partial charge in [0.1, 0.15) is 10.6 Å². The maximum Gasteiger partial charge on any atom is 0.308 e. The number of fused-ring (bicyclic) bond motifs is 3. The Morgan fingerprint density at radius 2 is 2.14 bits per heavy atom. The van der Waals surface area contributed by atoms with E-state index in [4.69, 9.17) is 4.74 Å². The fourth-order valence-electron chi connectivity index (χ4n) is 2.75. The lowest BCUT2D eigenvalue weighted by atomic mass is 9.88. The molecule has 2 heterocycles. The van der Waals surface area contributed by atoms with Gasteiger partial charge in [-0.3, -0.25) is 0 Å². The van der Waals surface area contributed by atoms with Crippen molar-refractivity contribution in [3.8, 4) is 16.9 Å². The van der Waals surface area contributed by atoms with Gasteiger partial charge in [-0.25, -0.2) is 0 Å². The summed E-state index contributed by atoms with van der Waals surface area (Å²) in [6, 6.07) is 6.47. The molecular formula is C16H20NOS3+. The van der Waals surface area contributed by atoms with E-state index in [2.05, 4.69) is 50.2 Å². The molecule has 112 valence electrons. The van der Waals surface area contributed by atoms with Gasteiger partial charge in [-0.1, -0.05) is 11.8 Å². The number of hydrogen-bond donors (Lipinski definition) is 0. The third-order valence-electron chi connectivity index (χ3n) is 4.12. The predicted molar refractivity (Wildman–Crippen MR) is 96.4 cm³/mol. The zero-order valence-electron chi connectivity index (χ0n) is 13.0. The highest BCUT2D eigenvalue weighted by molar-refractivity contribution is 8.02. The molecule has 0 N–H and O–H groups in total. The molecule has 1 aromatic heterocycles. The first-order valence-corrected chi connectivity index (χ1v) is 10.4. The van der Waals surface area contributed by atoms with Crippen molar-refractivity contribution in [2.45, 2.75) is 30.5 Å². The topological polar surface area (TPSA) is 12.5 Å². The number of benzene rings is 1. The third kappa shape index (κ3) is 2.26. The number of thioether (sulfide) groups is 1. The van der Waals surface area contributed by atoms with Gasteiger partial charge in [0.15, 0.2) is 10.3 Å². The zero-order valence-corrected chi connectivity index (χ0v) is 15.5. The quantitative estimate of drug-likeness (QED) is 0.413. The van der Waals surface area contributed by atoms with Gasteiger partial charge in [0.25, 0.3) is 4.21 Å². The molecule has 0 fully saturated rings. The van der Waals surface area contributed by atoms with Crippen molar-refractivity contribution in [1.29, 1.82) is 0 Å². The Balaban J connectivity index is 2.26. The molecule has 0 saturated heterocycles. The molecule has 0 saturated carbocycles. The van der Waals surface area contributed by atoms with Crippen LogP contribution in [-0.4, -0.2) is 19.9 Å². The van der Waals surface area contributed by atoms with E-state index in [0.717, 1.165) is 5.75 Å². The number of rotatable bonds is 3. The lowest BCUT2D eigenvalue weighted by molar-refractivity contribution is 0.340. The van der Waals surface area contributed by atoms with Crippen molar-refractivity contribution >= 4 is 38.1 Å². The van der Waals surface area contributed by atoms with Crippen LogP contribution in [-0.2, 0) is 5.54 Å². The minimum atomic E-state index is 0.0324. The second kappa shape index (κ2) is 5.45. The first kappa shape index (κ1) is 15.1. The summed E-state index contributed by atoms with van der Waals surface area (Å²) in [5.41, 5.74) is 4.04. The van der Waals surface area contributed by atoms with Crippen LogP contribution in [0, 0.1) is 0 Å². The average molecular weight is 339 g/mol. The lowest BCUT2D eigenvalue weighted by Gasteiger charge is -2.41. The van der Waals surface area contributed by atoms with E-state index in [-0.39, 0.29) is 5.54 Å². The molecule has 0 spiro atoms. The molecule has 2 nitrogen and oxygen atoms in total. The van der Waals surface area contributed by atoms with Crippen LogP contribution in [0.3, 0.4) is 0 Å². The molecule has 1 aromatic carbocycles. The Bertz CT molecular complexity index is 678. The summed E-state index contributed by atoms with van der Waals surface area (Å²) < 4.78 is 7.11.